The first kappa shape index (κ1) is 22.4. The fourth-order valence-electron chi connectivity index (χ4n) is 3.01. The van der Waals surface area contributed by atoms with E-state index in [4.69, 9.17) is 18.9 Å². The Morgan fingerprint density at radius 2 is 1.65 bits per heavy atom. The van der Waals surface area contributed by atoms with E-state index in [1.165, 1.54) is 30.3 Å². The normalized spacial score (nSPS) is 12.7. The predicted molar refractivity (Wildman–Crippen MR) is 111 cm³/mol. The smallest absolute Gasteiger partial charge is 0.340 e. The third-order valence-corrected chi connectivity index (χ3v) is 6.10. The van der Waals surface area contributed by atoms with Crippen molar-refractivity contribution in [3.8, 4) is 11.5 Å². The van der Waals surface area contributed by atoms with Crippen molar-refractivity contribution in [1.82, 2.24) is 0 Å². The third kappa shape index (κ3) is 4.91. The highest BCUT2D eigenvalue weighted by atomic mass is 32.2. The lowest BCUT2D eigenvalue weighted by Crippen LogP contribution is -2.37. The fourth-order valence-corrected chi connectivity index (χ4v) is 4.45. The van der Waals surface area contributed by atoms with Crippen LogP contribution >= 0.6 is 0 Å². The zero-order valence-corrected chi connectivity index (χ0v) is 18.0. The lowest BCUT2D eigenvalue weighted by atomic mass is 10.2. The van der Waals surface area contributed by atoms with Gasteiger partial charge in [0.25, 0.3) is 10.0 Å². The van der Waals surface area contributed by atoms with Gasteiger partial charge in [0.15, 0.2) is 11.5 Å². The van der Waals surface area contributed by atoms with E-state index in [9.17, 15) is 18.0 Å². The highest BCUT2D eigenvalue weighted by Gasteiger charge is 2.32. The van der Waals surface area contributed by atoms with Gasteiger partial charge in [-0.1, -0.05) is 12.1 Å². The van der Waals surface area contributed by atoms with Crippen LogP contribution in [0.15, 0.2) is 47.4 Å². The molecule has 0 aromatic heterocycles. The van der Waals surface area contributed by atoms with E-state index in [1.807, 2.05) is 0 Å². The summed E-state index contributed by atoms with van der Waals surface area (Å²) in [5, 5.41) is 0. The molecule has 2 aromatic carbocycles. The predicted octanol–water partition coefficient (Wildman–Crippen LogP) is 2.39. The van der Waals surface area contributed by atoms with Crippen LogP contribution in [0.4, 0.5) is 5.69 Å². The Labute approximate surface area is 180 Å². The van der Waals surface area contributed by atoms with Crippen LogP contribution in [-0.2, 0) is 24.3 Å². The summed E-state index contributed by atoms with van der Waals surface area (Å²) in [5.74, 6) is -0.761. The minimum Gasteiger partial charge on any atom is -0.486 e. The molecule has 0 saturated heterocycles. The summed E-state index contributed by atoms with van der Waals surface area (Å²) in [6.45, 7) is 3.47. The van der Waals surface area contributed by atoms with Crippen molar-refractivity contribution in [2.24, 2.45) is 0 Å². The second-order valence-corrected chi connectivity index (χ2v) is 8.22. The molecule has 0 spiro atoms. The van der Waals surface area contributed by atoms with Crippen molar-refractivity contribution in [3.63, 3.8) is 0 Å². The van der Waals surface area contributed by atoms with Crippen molar-refractivity contribution in [2.75, 3.05) is 37.3 Å². The average molecular weight is 449 g/mol. The summed E-state index contributed by atoms with van der Waals surface area (Å²) in [6, 6.07) is 10.2. The fraction of sp³-hybridized carbons (Fsp3) is 0.333. The van der Waals surface area contributed by atoms with E-state index in [0.29, 0.717) is 12.4 Å². The van der Waals surface area contributed by atoms with Crippen LogP contribution in [-0.4, -0.2) is 53.3 Å². The van der Waals surface area contributed by atoms with E-state index >= 15 is 0 Å². The molecule has 1 aliphatic heterocycles. The van der Waals surface area contributed by atoms with Gasteiger partial charge in [-0.15, -0.1) is 0 Å². The largest absolute Gasteiger partial charge is 0.486 e. The zero-order chi connectivity index (χ0) is 22.4. The molecule has 0 bridgehead atoms. The molecule has 3 rings (SSSR count). The molecule has 0 fully saturated rings. The number of ether oxygens (including phenoxy) is 4. The minimum absolute atomic E-state index is 0.00360. The molecule has 0 atom stereocenters. The SMILES string of the molecule is CCOC(=O)CN(c1ccccc1C(=O)OCC)S(=O)(=O)c1ccc2c(c1)OCCO2. The first-order valence-electron chi connectivity index (χ1n) is 9.72. The van der Waals surface area contributed by atoms with Crippen molar-refractivity contribution in [3.05, 3.63) is 48.0 Å². The van der Waals surface area contributed by atoms with Crippen LogP contribution in [0.3, 0.4) is 0 Å². The Hall–Kier alpha value is -3.27. The number of hydrogen-bond donors (Lipinski definition) is 0. The first-order chi connectivity index (χ1) is 14.9. The van der Waals surface area contributed by atoms with Gasteiger partial charge >= 0.3 is 11.9 Å². The monoisotopic (exact) mass is 449 g/mol. The van der Waals surface area contributed by atoms with Crippen LogP contribution in [0.25, 0.3) is 0 Å². The number of sulfonamides is 1. The van der Waals surface area contributed by atoms with Gasteiger partial charge in [0, 0.05) is 6.07 Å². The molecule has 166 valence electrons. The summed E-state index contributed by atoms with van der Waals surface area (Å²) >= 11 is 0. The molecule has 0 saturated carbocycles. The number of carbonyl (C=O) groups excluding carboxylic acids is 2. The molecule has 0 unspecified atom stereocenters. The van der Waals surface area contributed by atoms with Crippen LogP contribution in [0, 0.1) is 0 Å². The summed E-state index contributed by atoms with van der Waals surface area (Å²) in [4.78, 5) is 24.6. The highest BCUT2D eigenvalue weighted by molar-refractivity contribution is 7.92. The van der Waals surface area contributed by atoms with Crippen molar-refractivity contribution < 1.29 is 37.0 Å². The Kier molecular flexibility index (Phi) is 7.01. The molecule has 0 radical (unpaired) electrons. The molecule has 0 N–H and O–H groups in total. The van der Waals surface area contributed by atoms with E-state index in [-0.39, 0.29) is 41.7 Å². The second kappa shape index (κ2) is 9.69. The summed E-state index contributed by atoms with van der Waals surface area (Å²) in [6.07, 6.45) is 0. The van der Waals surface area contributed by atoms with Crippen LogP contribution in [0.1, 0.15) is 24.2 Å². The maximum Gasteiger partial charge on any atom is 0.340 e. The molecular formula is C21H23NO8S. The van der Waals surface area contributed by atoms with Gasteiger partial charge in [-0.3, -0.25) is 9.10 Å². The Bertz CT molecular complexity index is 1070. The number of para-hydroxylation sites is 1. The molecule has 0 amide bonds. The third-order valence-electron chi connectivity index (χ3n) is 4.35. The van der Waals surface area contributed by atoms with Gasteiger partial charge in [-0.05, 0) is 38.1 Å². The standard InChI is InChI=1S/C21H23NO8S/c1-3-27-20(23)14-22(17-8-6-5-7-16(17)21(24)28-4-2)31(25,26)15-9-10-18-19(13-15)30-12-11-29-18/h5-10,13H,3-4,11-12,14H2,1-2H3. The molecule has 9 nitrogen and oxygen atoms in total. The Balaban J connectivity index is 2.10. The number of hydrogen-bond acceptors (Lipinski definition) is 8. The average Bonchev–Trinajstić information content (AvgIpc) is 2.77. The first-order valence-corrected chi connectivity index (χ1v) is 11.2. The molecule has 0 aliphatic carbocycles. The molecular weight excluding hydrogens is 426 g/mol. The highest BCUT2D eigenvalue weighted by Crippen LogP contribution is 2.35. The number of carbonyl (C=O) groups is 2. The van der Waals surface area contributed by atoms with Gasteiger partial charge in [-0.2, -0.15) is 0 Å². The molecule has 2 aromatic rings. The topological polar surface area (TPSA) is 108 Å². The van der Waals surface area contributed by atoms with Crippen LogP contribution in [0.5, 0.6) is 11.5 Å². The van der Waals surface area contributed by atoms with Gasteiger partial charge < -0.3 is 18.9 Å². The molecule has 1 aliphatic rings. The second-order valence-electron chi connectivity index (χ2n) is 6.36. The van der Waals surface area contributed by atoms with Crippen LogP contribution in [0.2, 0.25) is 0 Å². The molecule has 31 heavy (non-hydrogen) atoms. The van der Waals surface area contributed by atoms with E-state index in [2.05, 4.69) is 0 Å². The summed E-state index contributed by atoms with van der Waals surface area (Å²) < 4.78 is 48.9. The van der Waals surface area contributed by atoms with Crippen molar-refractivity contribution >= 4 is 27.6 Å². The summed E-state index contributed by atoms with van der Waals surface area (Å²) in [7, 11) is -4.28. The molecule has 1 heterocycles. The number of nitrogens with zero attached hydrogens (tertiary/aromatic N) is 1. The van der Waals surface area contributed by atoms with Crippen molar-refractivity contribution in [2.45, 2.75) is 18.7 Å². The quantitative estimate of drug-likeness (QED) is 0.565. The van der Waals surface area contributed by atoms with E-state index in [0.717, 1.165) is 4.31 Å². The van der Waals surface area contributed by atoms with Gasteiger partial charge in [0.05, 0.1) is 29.4 Å². The number of fused-ring (bicyclic) bond motifs is 1. The number of anilines is 1. The number of benzene rings is 2. The Morgan fingerprint density at radius 3 is 2.35 bits per heavy atom. The van der Waals surface area contributed by atoms with Crippen LogP contribution < -0.4 is 13.8 Å². The minimum atomic E-state index is -4.28. The zero-order valence-electron chi connectivity index (χ0n) is 17.2. The lowest BCUT2D eigenvalue weighted by Gasteiger charge is -2.26. The summed E-state index contributed by atoms with van der Waals surface area (Å²) in [5.41, 5.74) is 0.0126. The van der Waals surface area contributed by atoms with Gasteiger partial charge in [0.2, 0.25) is 0 Å². The maximum atomic E-state index is 13.6. The Morgan fingerprint density at radius 1 is 0.968 bits per heavy atom. The van der Waals surface area contributed by atoms with Gasteiger partial charge in [0.1, 0.15) is 19.8 Å². The van der Waals surface area contributed by atoms with E-state index in [1.54, 1.807) is 26.0 Å². The maximum absolute atomic E-state index is 13.6. The number of esters is 2. The molecule has 10 heteroatoms. The van der Waals surface area contributed by atoms with Crippen molar-refractivity contribution in [1.29, 1.82) is 0 Å². The lowest BCUT2D eigenvalue weighted by molar-refractivity contribution is -0.141. The van der Waals surface area contributed by atoms with Gasteiger partial charge in [-0.25, -0.2) is 13.2 Å². The number of rotatable bonds is 8. The van der Waals surface area contributed by atoms with E-state index < -0.39 is 28.5 Å².